The first-order chi connectivity index (χ1) is 14.1. The number of hydrogen-bond acceptors (Lipinski definition) is 5. The SMILES string of the molecule is Cc1ccc(CNC(=O)C2CCN(C(=O)c3cc(-c4ccccn4)n[nH]3)CC2)o1. The quantitative estimate of drug-likeness (QED) is 0.693. The molecule has 29 heavy (non-hydrogen) atoms. The van der Waals surface area contributed by atoms with E-state index in [-0.39, 0.29) is 17.7 Å². The van der Waals surface area contributed by atoms with Crippen molar-refractivity contribution >= 4 is 11.8 Å². The predicted octanol–water partition coefficient (Wildman–Crippen LogP) is 2.54. The molecule has 150 valence electrons. The van der Waals surface area contributed by atoms with Crippen LogP contribution in [0.5, 0.6) is 0 Å². The Morgan fingerprint density at radius 3 is 2.72 bits per heavy atom. The molecule has 0 bridgehead atoms. The van der Waals surface area contributed by atoms with E-state index < -0.39 is 0 Å². The molecule has 4 heterocycles. The highest BCUT2D eigenvalue weighted by Gasteiger charge is 2.28. The van der Waals surface area contributed by atoms with Gasteiger partial charge in [0.25, 0.3) is 5.91 Å². The van der Waals surface area contributed by atoms with E-state index >= 15 is 0 Å². The monoisotopic (exact) mass is 393 g/mol. The summed E-state index contributed by atoms with van der Waals surface area (Å²) >= 11 is 0. The number of likely N-dealkylation sites (tertiary alicyclic amines) is 1. The lowest BCUT2D eigenvalue weighted by Crippen LogP contribution is -2.43. The maximum Gasteiger partial charge on any atom is 0.271 e. The van der Waals surface area contributed by atoms with E-state index in [0.29, 0.717) is 49.6 Å². The second-order valence-electron chi connectivity index (χ2n) is 7.18. The zero-order valence-corrected chi connectivity index (χ0v) is 16.2. The van der Waals surface area contributed by atoms with Gasteiger partial charge in [-0.15, -0.1) is 0 Å². The minimum Gasteiger partial charge on any atom is -0.465 e. The molecule has 2 amide bonds. The molecule has 1 aliphatic heterocycles. The average Bonchev–Trinajstić information content (AvgIpc) is 3.41. The van der Waals surface area contributed by atoms with Crippen LogP contribution in [0.2, 0.25) is 0 Å². The first kappa shape index (κ1) is 18.9. The molecule has 0 saturated carbocycles. The summed E-state index contributed by atoms with van der Waals surface area (Å²) in [6, 6.07) is 11.0. The third-order valence-electron chi connectivity index (χ3n) is 5.12. The predicted molar refractivity (Wildman–Crippen MR) is 106 cm³/mol. The summed E-state index contributed by atoms with van der Waals surface area (Å²) < 4.78 is 5.47. The number of nitrogens with one attached hydrogen (secondary N) is 2. The number of aromatic amines is 1. The smallest absolute Gasteiger partial charge is 0.271 e. The van der Waals surface area contributed by atoms with E-state index in [1.54, 1.807) is 17.2 Å². The molecular formula is C21H23N5O3. The van der Waals surface area contributed by atoms with Crippen molar-refractivity contribution in [1.29, 1.82) is 0 Å². The molecule has 0 aliphatic carbocycles. The van der Waals surface area contributed by atoms with Crippen LogP contribution in [-0.4, -0.2) is 45.0 Å². The van der Waals surface area contributed by atoms with Crippen molar-refractivity contribution < 1.29 is 14.0 Å². The van der Waals surface area contributed by atoms with Gasteiger partial charge in [-0.2, -0.15) is 5.10 Å². The molecule has 1 saturated heterocycles. The summed E-state index contributed by atoms with van der Waals surface area (Å²) in [7, 11) is 0. The maximum atomic E-state index is 12.8. The van der Waals surface area contributed by atoms with Crippen molar-refractivity contribution in [2.75, 3.05) is 13.1 Å². The van der Waals surface area contributed by atoms with E-state index in [2.05, 4.69) is 20.5 Å². The summed E-state index contributed by atoms with van der Waals surface area (Å²) in [6.07, 6.45) is 2.96. The van der Waals surface area contributed by atoms with Gasteiger partial charge in [-0.05, 0) is 50.1 Å². The molecule has 4 rings (SSSR count). The van der Waals surface area contributed by atoms with Crippen molar-refractivity contribution in [2.24, 2.45) is 5.92 Å². The molecule has 8 nitrogen and oxygen atoms in total. The number of hydrogen-bond donors (Lipinski definition) is 2. The molecule has 8 heteroatoms. The number of furan rings is 1. The lowest BCUT2D eigenvalue weighted by Gasteiger charge is -2.30. The highest BCUT2D eigenvalue weighted by molar-refractivity contribution is 5.93. The Hall–Kier alpha value is -3.42. The number of rotatable bonds is 5. The Balaban J connectivity index is 1.29. The largest absolute Gasteiger partial charge is 0.465 e. The van der Waals surface area contributed by atoms with Gasteiger partial charge in [-0.1, -0.05) is 6.07 Å². The van der Waals surface area contributed by atoms with Gasteiger partial charge in [-0.25, -0.2) is 0 Å². The third kappa shape index (κ3) is 4.37. The summed E-state index contributed by atoms with van der Waals surface area (Å²) in [4.78, 5) is 31.2. The van der Waals surface area contributed by atoms with Crippen LogP contribution in [0.25, 0.3) is 11.4 Å². The highest BCUT2D eigenvalue weighted by Crippen LogP contribution is 2.21. The second-order valence-corrected chi connectivity index (χ2v) is 7.18. The van der Waals surface area contributed by atoms with Crippen LogP contribution in [0.1, 0.15) is 34.9 Å². The lowest BCUT2D eigenvalue weighted by molar-refractivity contribution is -0.126. The van der Waals surface area contributed by atoms with Crippen LogP contribution in [0.4, 0.5) is 0 Å². The van der Waals surface area contributed by atoms with Crippen molar-refractivity contribution in [2.45, 2.75) is 26.3 Å². The van der Waals surface area contributed by atoms with Gasteiger partial charge in [-0.3, -0.25) is 19.7 Å². The van der Waals surface area contributed by atoms with Crippen molar-refractivity contribution in [3.8, 4) is 11.4 Å². The van der Waals surface area contributed by atoms with Gasteiger partial charge in [0.1, 0.15) is 22.9 Å². The number of pyridine rings is 1. The average molecular weight is 393 g/mol. The Kier molecular flexibility index (Phi) is 5.41. The standard InChI is InChI=1S/C21H23N5O3/c1-14-5-6-16(29-14)13-23-20(27)15-7-10-26(11-8-15)21(28)19-12-18(24-25-19)17-4-2-3-9-22-17/h2-6,9,12,15H,7-8,10-11,13H2,1H3,(H,23,27)(H,24,25). The molecule has 0 atom stereocenters. The van der Waals surface area contributed by atoms with E-state index in [1.807, 2.05) is 37.3 Å². The van der Waals surface area contributed by atoms with Gasteiger partial charge >= 0.3 is 0 Å². The minimum absolute atomic E-state index is 0.00475. The fourth-order valence-corrected chi connectivity index (χ4v) is 3.49. The van der Waals surface area contributed by atoms with Gasteiger partial charge in [0, 0.05) is 25.2 Å². The summed E-state index contributed by atoms with van der Waals surface area (Å²) in [6.45, 7) is 3.33. The molecule has 2 N–H and O–H groups in total. The van der Waals surface area contributed by atoms with Gasteiger partial charge in [0.15, 0.2) is 0 Å². The number of aryl methyl sites for hydroxylation is 1. The number of nitrogens with zero attached hydrogens (tertiary/aromatic N) is 3. The Morgan fingerprint density at radius 1 is 1.21 bits per heavy atom. The van der Waals surface area contributed by atoms with Crippen LogP contribution in [0.3, 0.4) is 0 Å². The number of carbonyl (C=O) groups excluding carboxylic acids is 2. The second kappa shape index (κ2) is 8.30. The fraction of sp³-hybridized carbons (Fsp3) is 0.333. The van der Waals surface area contributed by atoms with Crippen LogP contribution >= 0.6 is 0 Å². The maximum absolute atomic E-state index is 12.8. The summed E-state index contributed by atoms with van der Waals surface area (Å²) in [5.74, 6) is 1.37. The molecule has 3 aromatic rings. The number of amides is 2. The van der Waals surface area contributed by atoms with Gasteiger partial charge in [0.05, 0.1) is 12.2 Å². The molecule has 1 fully saturated rings. The number of aromatic nitrogens is 3. The topological polar surface area (TPSA) is 104 Å². The van der Waals surface area contributed by atoms with E-state index in [4.69, 9.17) is 4.42 Å². The highest BCUT2D eigenvalue weighted by atomic mass is 16.3. The zero-order chi connectivity index (χ0) is 20.2. The molecule has 1 aliphatic rings. The summed E-state index contributed by atoms with van der Waals surface area (Å²) in [5.41, 5.74) is 1.78. The Bertz CT molecular complexity index is 987. The molecule has 0 aromatic carbocycles. The van der Waals surface area contributed by atoms with Gasteiger partial charge < -0.3 is 14.6 Å². The number of H-pyrrole nitrogens is 1. The van der Waals surface area contributed by atoms with Crippen LogP contribution in [0, 0.1) is 12.8 Å². The van der Waals surface area contributed by atoms with Crippen molar-refractivity contribution in [3.63, 3.8) is 0 Å². The van der Waals surface area contributed by atoms with Gasteiger partial charge in [0.2, 0.25) is 5.91 Å². The molecule has 0 unspecified atom stereocenters. The normalized spacial score (nSPS) is 14.7. The Labute approximate surface area is 168 Å². The number of piperidine rings is 1. The molecular weight excluding hydrogens is 370 g/mol. The van der Waals surface area contributed by atoms with Crippen molar-refractivity contribution in [1.82, 2.24) is 25.4 Å². The molecule has 0 spiro atoms. The fourth-order valence-electron chi connectivity index (χ4n) is 3.49. The molecule has 3 aromatic heterocycles. The van der Waals surface area contributed by atoms with E-state index in [9.17, 15) is 9.59 Å². The summed E-state index contributed by atoms with van der Waals surface area (Å²) in [5, 5.41) is 9.92. The van der Waals surface area contributed by atoms with Crippen LogP contribution in [0.15, 0.2) is 47.0 Å². The van der Waals surface area contributed by atoms with Crippen molar-refractivity contribution in [3.05, 3.63) is 59.8 Å². The van der Waals surface area contributed by atoms with E-state index in [1.165, 1.54) is 0 Å². The lowest BCUT2D eigenvalue weighted by atomic mass is 9.95. The zero-order valence-electron chi connectivity index (χ0n) is 16.2. The Morgan fingerprint density at radius 2 is 2.03 bits per heavy atom. The minimum atomic E-state index is -0.107. The van der Waals surface area contributed by atoms with Crippen LogP contribution in [-0.2, 0) is 11.3 Å². The van der Waals surface area contributed by atoms with E-state index in [0.717, 1.165) is 11.5 Å². The first-order valence-corrected chi connectivity index (χ1v) is 9.69. The number of carbonyl (C=O) groups is 2. The third-order valence-corrected chi connectivity index (χ3v) is 5.12. The van der Waals surface area contributed by atoms with Crippen LogP contribution < -0.4 is 5.32 Å². The first-order valence-electron chi connectivity index (χ1n) is 9.69. The molecule has 0 radical (unpaired) electrons.